The molecule has 1 rings (SSSR count). The molecule has 1 aromatic rings. The van der Waals surface area contributed by atoms with E-state index in [0.29, 0.717) is 10.7 Å². The quantitative estimate of drug-likeness (QED) is 0.744. The molecule has 0 saturated heterocycles. The topological polar surface area (TPSA) is 35.2 Å². The van der Waals surface area contributed by atoms with Crippen molar-refractivity contribution in [3.8, 4) is 5.75 Å². The summed E-state index contributed by atoms with van der Waals surface area (Å²) in [4.78, 5) is 0. The molecule has 0 heterocycles. The van der Waals surface area contributed by atoms with Crippen LogP contribution in [0.2, 0.25) is 5.02 Å². The molecule has 1 aromatic carbocycles. The SMILES string of the molecule is Cc1cc(Cl)cc(N)c1OC(C)C. The van der Waals surface area contributed by atoms with Gasteiger partial charge in [0, 0.05) is 5.02 Å². The highest BCUT2D eigenvalue weighted by Gasteiger charge is 2.07. The van der Waals surface area contributed by atoms with Crippen LogP contribution in [0.4, 0.5) is 5.69 Å². The van der Waals surface area contributed by atoms with Gasteiger partial charge in [-0.3, -0.25) is 0 Å². The number of rotatable bonds is 2. The van der Waals surface area contributed by atoms with Gasteiger partial charge in [-0.25, -0.2) is 0 Å². The summed E-state index contributed by atoms with van der Waals surface area (Å²) in [7, 11) is 0. The van der Waals surface area contributed by atoms with E-state index in [1.54, 1.807) is 6.07 Å². The van der Waals surface area contributed by atoms with E-state index in [9.17, 15) is 0 Å². The van der Waals surface area contributed by atoms with Crippen molar-refractivity contribution in [2.24, 2.45) is 0 Å². The number of hydrogen-bond acceptors (Lipinski definition) is 2. The van der Waals surface area contributed by atoms with Crippen LogP contribution in [-0.2, 0) is 0 Å². The van der Waals surface area contributed by atoms with E-state index in [1.807, 2.05) is 26.8 Å². The van der Waals surface area contributed by atoms with Crippen molar-refractivity contribution < 1.29 is 4.74 Å². The average Bonchev–Trinajstić information content (AvgIpc) is 1.96. The maximum absolute atomic E-state index is 5.82. The van der Waals surface area contributed by atoms with Crippen LogP contribution in [0.1, 0.15) is 19.4 Å². The molecule has 0 atom stereocenters. The van der Waals surface area contributed by atoms with Gasteiger partial charge in [0.25, 0.3) is 0 Å². The van der Waals surface area contributed by atoms with Gasteiger partial charge in [0.2, 0.25) is 0 Å². The fourth-order valence-corrected chi connectivity index (χ4v) is 1.43. The first-order valence-corrected chi connectivity index (χ1v) is 4.60. The molecule has 0 aliphatic heterocycles. The minimum atomic E-state index is 0.127. The van der Waals surface area contributed by atoms with Gasteiger partial charge in [-0.15, -0.1) is 0 Å². The Bertz CT molecular complexity index is 287. The second-order valence-corrected chi connectivity index (χ2v) is 3.74. The normalized spacial score (nSPS) is 10.5. The highest BCUT2D eigenvalue weighted by molar-refractivity contribution is 6.31. The molecule has 3 heteroatoms. The predicted molar refractivity (Wildman–Crippen MR) is 56.4 cm³/mol. The van der Waals surface area contributed by atoms with Gasteiger partial charge < -0.3 is 10.5 Å². The number of benzene rings is 1. The van der Waals surface area contributed by atoms with E-state index in [-0.39, 0.29) is 6.10 Å². The third-order valence-corrected chi connectivity index (χ3v) is 1.84. The minimum absolute atomic E-state index is 0.127. The van der Waals surface area contributed by atoms with Gasteiger partial charge in [0.1, 0.15) is 5.75 Å². The van der Waals surface area contributed by atoms with E-state index in [2.05, 4.69) is 0 Å². The molecule has 0 spiro atoms. The van der Waals surface area contributed by atoms with Crippen molar-refractivity contribution in [2.45, 2.75) is 26.9 Å². The van der Waals surface area contributed by atoms with E-state index < -0.39 is 0 Å². The second-order valence-electron chi connectivity index (χ2n) is 3.31. The summed E-state index contributed by atoms with van der Waals surface area (Å²) in [5.41, 5.74) is 7.33. The Labute approximate surface area is 83.6 Å². The minimum Gasteiger partial charge on any atom is -0.489 e. The molecule has 0 aliphatic rings. The smallest absolute Gasteiger partial charge is 0.145 e. The lowest BCUT2D eigenvalue weighted by Gasteiger charge is -2.14. The van der Waals surface area contributed by atoms with Gasteiger partial charge in [0.15, 0.2) is 0 Å². The van der Waals surface area contributed by atoms with E-state index in [4.69, 9.17) is 22.1 Å². The molecule has 0 bridgehead atoms. The molecule has 0 amide bonds. The summed E-state index contributed by atoms with van der Waals surface area (Å²) in [5, 5.41) is 0.645. The second kappa shape index (κ2) is 3.88. The fourth-order valence-electron chi connectivity index (χ4n) is 1.15. The van der Waals surface area contributed by atoms with Crippen molar-refractivity contribution in [1.82, 2.24) is 0 Å². The molecule has 2 nitrogen and oxygen atoms in total. The van der Waals surface area contributed by atoms with E-state index in [0.717, 1.165) is 11.3 Å². The van der Waals surface area contributed by atoms with Crippen LogP contribution in [0.5, 0.6) is 5.75 Å². The maximum Gasteiger partial charge on any atom is 0.145 e. The van der Waals surface area contributed by atoms with E-state index >= 15 is 0 Å². The van der Waals surface area contributed by atoms with Crippen molar-refractivity contribution in [3.05, 3.63) is 22.7 Å². The van der Waals surface area contributed by atoms with Crippen LogP contribution < -0.4 is 10.5 Å². The van der Waals surface area contributed by atoms with Crippen LogP contribution in [0.15, 0.2) is 12.1 Å². The van der Waals surface area contributed by atoms with Crippen molar-refractivity contribution in [2.75, 3.05) is 5.73 Å². The van der Waals surface area contributed by atoms with Crippen LogP contribution >= 0.6 is 11.6 Å². The lowest BCUT2D eigenvalue weighted by molar-refractivity contribution is 0.242. The van der Waals surface area contributed by atoms with Crippen LogP contribution in [0.25, 0.3) is 0 Å². The molecule has 72 valence electrons. The highest BCUT2D eigenvalue weighted by Crippen LogP contribution is 2.30. The third kappa shape index (κ3) is 2.52. The largest absolute Gasteiger partial charge is 0.489 e. The fraction of sp³-hybridized carbons (Fsp3) is 0.400. The number of nitrogen functional groups attached to an aromatic ring is 1. The summed E-state index contributed by atoms with van der Waals surface area (Å²) in [5.74, 6) is 0.736. The Morgan fingerprint density at radius 3 is 2.46 bits per heavy atom. The molecular weight excluding hydrogens is 186 g/mol. The van der Waals surface area contributed by atoms with Crippen LogP contribution in [0.3, 0.4) is 0 Å². The number of halogens is 1. The Morgan fingerprint density at radius 1 is 1.38 bits per heavy atom. The molecule has 2 N–H and O–H groups in total. The zero-order valence-electron chi connectivity index (χ0n) is 8.10. The molecule has 0 aromatic heterocycles. The zero-order valence-corrected chi connectivity index (χ0v) is 8.85. The van der Waals surface area contributed by atoms with Gasteiger partial charge in [0.05, 0.1) is 11.8 Å². The number of ether oxygens (including phenoxy) is 1. The first-order valence-electron chi connectivity index (χ1n) is 4.23. The van der Waals surface area contributed by atoms with Gasteiger partial charge in [-0.2, -0.15) is 0 Å². The highest BCUT2D eigenvalue weighted by atomic mass is 35.5. The van der Waals surface area contributed by atoms with Crippen LogP contribution in [-0.4, -0.2) is 6.10 Å². The van der Waals surface area contributed by atoms with Gasteiger partial charge in [-0.05, 0) is 38.5 Å². The lowest BCUT2D eigenvalue weighted by atomic mass is 10.2. The molecular formula is C10H14ClNO. The first kappa shape index (κ1) is 10.2. The van der Waals surface area contributed by atoms with E-state index in [1.165, 1.54) is 0 Å². The Kier molecular flexibility index (Phi) is 3.04. The monoisotopic (exact) mass is 199 g/mol. The number of anilines is 1. The standard InChI is InChI=1S/C10H14ClNO/c1-6(2)13-10-7(3)4-8(11)5-9(10)12/h4-6H,12H2,1-3H3. The summed E-state index contributed by atoms with van der Waals surface area (Å²) < 4.78 is 5.55. The Balaban J connectivity index is 3.06. The number of nitrogens with two attached hydrogens (primary N) is 1. The predicted octanol–water partition coefficient (Wildman–Crippen LogP) is 3.02. The van der Waals surface area contributed by atoms with Crippen molar-refractivity contribution >= 4 is 17.3 Å². The number of hydrogen-bond donors (Lipinski definition) is 1. The average molecular weight is 200 g/mol. The molecule has 0 aliphatic carbocycles. The number of aryl methyl sites for hydroxylation is 1. The van der Waals surface area contributed by atoms with Crippen LogP contribution in [0, 0.1) is 6.92 Å². The third-order valence-electron chi connectivity index (χ3n) is 1.62. The Morgan fingerprint density at radius 2 is 2.00 bits per heavy atom. The molecule has 0 saturated carbocycles. The van der Waals surface area contributed by atoms with Gasteiger partial charge in [-0.1, -0.05) is 11.6 Å². The summed E-state index contributed by atoms with van der Waals surface area (Å²) in [6.45, 7) is 5.86. The van der Waals surface area contributed by atoms with Crippen molar-refractivity contribution in [1.29, 1.82) is 0 Å². The van der Waals surface area contributed by atoms with Gasteiger partial charge >= 0.3 is 0 Å². The molecule has 0 fully saturated rings. The molecule has 0 radical (unpaired) electrons. The summed E-state index contributed by atoms with van der Waals surface area (Å²) in [6, 6.07) is 3.54. The maximum atomic E-state index is 5.82. The Hall–Kier alpha value is -0.890. The molecule has 0 unspecified atom stereocenters. The summed E-state index contributed by atoms with van der Waals surface area (Å²) in [6.07, 6.45) is 0.127. The van der Waals surface area contributed by atoms with Crippen molar-refractivity contribution in [3.63, 3.8) is 0 Å². The first-order chi connectivity index (χ1) is 6.00. The summed E-state index contributed by atoms with van der Waals surface area (Å²) >= 11 is 5.82. The lowest BCUT2D eigenvalue weighted by Crippen LogP contribution is -2.08. The zero-order chi connectivity index (χ0) is 10.0. The molecule has 13 heavy (non-hydrogen) atoms.